The Kier molecular flexibility index (Phi) is 7.33. The van der Waals surface area contributed by atoms with Gasteiger partial charge < -0.3 is 30.6 Å². The summed E-state index contributed by atoms with van der Waals surface area (Å²) in [6.07, 6.45) is 3.38. The number of nitrogens with one attached hydrogen (secondary N) is 2. The molecule has 0 saturated heterocycles. The number of rotatable bonds is 10. The summed E-state index contributed by atoms with van der Waals surface area (Å²) in [6, 6.07) is 4.53. The summed E-state index contributed by atoms with van der Waals surface area (Å²) >= 11 is 0. The van der Waals surface area contributed by atoms with Crippen LogP contribution < -0.4 is 15.4 Å². The zero-order valence-electron chi connectivity index (χ0n) is 17.9. The van der Waals surface area contributed by atoms with Gasteiger partial charge in [0.15, 0.2) is 5.69 Å². The molecule has 4 amide bonds. The molecule has 14 nitrogen and oxygen atoms in total. The lowest BCUT2D eigenvalue weighted by atomic mass is 10.2. The molecule has 3 N–H and O–H groups in total. The highest BCUT2D eigenvalue weighted by Gasteiger charge is 2.25. The van der Waals surface area contributed by atoms with Gasteiger partial charge in [0.25, 0.3) is 11.8 Å². The van der Waals surface area contributed by atoms with E-state index in [2.05, 4.69) is 15.6 Å². The number of imide groups is 1. The van der Waals surface area contributed by atoms with Crippen LogP contribution in [0.4, 0.5) is 11.6 Å². The minimum atomic E-state index is -0.709. The predicted molar refractivity (Wildman–Crippen MR) is 114 cm³/mol. The van der Waals surface area contributed by atoms with Crippen molar-refractivity contribution in [1.82, 2.24) is 19.8 Å². The van der Waals surface area contributed by atoms with Crippen LogP contribution >= 0.6 is 0 Å². The Labute approximate surface area is 192 Å². The quantitative estimate of drug-likeness (QED) is 0.230. The Bertz CT molecular complexity index is 1170. The van der Waals surface area contributed by atoms with E-state index in [0.717, 1.165) is 17.1 Å². The first-order valence-electron chi connectivity index (χ1n) is 9.81. The standard InChI is InChI=1S/C20H20N6O8/c1-24-13(7-22-20(24)26(32)33)11-34-15-3-2-12(10-27)6-14(15)23-16(28)8-21-17(29)9-25-18(30)4-5-19(25)31/h2-7,27H,8-11H2,1H3,(H,21,29)(H,23,28). The second-order valence-electron chi connectivity index (χ2n) is 7.06. The molecule has 2 aromatic rings. The molecule has 0 saturated carbocycles. The summed E-state index contributed by atoms with van der Waals surface area (Å²) in [7, 11) is 1.46. The summed E-state index contributed by atoms with van der Waals surface area (Å²) in [5, 5.41) is 25.2. The van der Waals surface area contributed by atoms with Crippen molar-refractivity contribution in [3.8, 4) is 5.75 Å². The molecule has 14 heteroatoms. The number of anilines is 1. The van der Waals surface area contributed by atoms with Gasteiger partial charge in [0.05, 0.1) is 25.9 Å². The first kappa shape index (κ1) is 24.1. The van der Waals surface area contributed by atoms with Crippen LogP contribution in [-0.4, -0.2) is 61.2 Å². The monoisotopic (exact) mass is 472 g/mol. The number of hydrogen-bond acceptors (Lipinski definition) is 9. The number of carbonyl (C=O) groups is 4. The molecule has 178 valence electrons. The van der Waals surface area contributed by atoms with Crippen molar-refractivity contribution in [2.45, 2.75) is 13.2 Å². The highest BCUT2D eigenvalue weighted by Crippen LogP contribution is 2.27. The highest BCUT2D eigenvalue weighted by molar-refractivity contribution is 6.14. The fraction of sp³-hybridized carbons (Fsp3) is 0.250. The molecule has 1 aromatic heterocycles. The van der Waals surface area contributed by atoms with Gasteiger partial charge in [-0.1, -0.05) is 11.1 Å². The fourth-order valence-corrected chi connectivity index (χ4v) is 2.95. The molecule has 34 heavy (non-hydrogen) atoms. The molecule has 0 fully saturated rings. The number of aliphatic hydroxyl groups is 1. The third kappa shape index (κ3) is 5.60. The van der Waals surface area contributed by atoms with E-state index in [1.54, 1.807) is 6.07 Å². The Morgan fingerprint density at radius 1 is 1.21 bits per heavy atom. The van der Waals surface area contributed by atoms with Crippen molar-refractivity contribution in [3.05, 3.63) is 57.9 Å². The number of aromatic nitrogens is 2. The van der Waals surface area contributed by atoms with Crippen LogP contribution in [0.2, 0.25) is 0 Å². The average molecular weight is 472 g/mol. The fourth-order valence-electron chi connectivity index (χ4n) is 2.95. The molecule has 0 bridgehead atoms. The topological polar surface area (TPSA) is 186 Å². The Morgan fingerprint density at radius 2 is 1.91 bits per heavy atom. The third-order valence-corrected chi connectivity index (χ3v) is 4.75. The van der Waals surface area contributed by atoms with Gasteiger partial charge in [0, 0.05) is 12.2 Å². The van der Waals surface area contributed by atoms with Gasteiger partial charge in [-0.15, -0.1) is 0 Å². The van der Waals surface area contributed by atoms with Gasteiger partial charge in [-0.05, 0) is 22.6 Å². The Hall–Kier alpha value is -4.59. The van der Waals surface area contributed by atoms with Crippen molar-refractivity contribution < 1.29 is 33.9 Å². The van der Waals surface area contributed by atoms with Crippen LogP contribution in [0, 0.1) is 10.1 Å². The number of imidazole rings is 1. The number of aliphatic hydroxyl groups excluding tert-OH is 1. The van der Waals surface area contributed by atoms with E-state index in [0.29, 0.717) is 11.3 Å². The molecule has 0 atom stereocenters. The van der Waals surface area contributed by atoms with Crippen LogP contribution in [0.3, 0.4) is 0 Å². The lowest BCUT2D eigenvalue weighted by molar-refractivity contribution is -0.396. The summed E-state index contributed by atoms with van der Waals surface area (Å²) in [5.74, 6) is -2.73. The van der Waals surface area contributed by atoms with Gasteiger partial charge in [0.2, 0.25) is 11.8 Å². The van der Waals surface area contributed by atoms with Gasteiger partial charge >= 0.3 is 5.95 Å². The van der Waals surface area contributed by atoms with Crippen molar-refractivity contribution in [2.75, 3.05) is 18.4 Å². The summed E-state index contributed by atoms with van der Waals surface area (Å²) in [4.78, 5) is 62.1. The van der Waals surface area contributed by atoms with E-state index in [-0.39, 0.29) is 30.6 Å². The number of nitro groups is 1. The number of ether oxygens (including phenoxy) is 1. The molecular weight excluding hydrogens is 452 g/mol. The SMILES string of the molecule is Cn1c(COc2ccc(CO)cc2NC(=O)CNC(=O)CN2C(=O)C=CC2=O)cnc1[N+](=O)[O-]. The van der Waals surface area contributed by atoms with Crippen molar-refractivity contribution >= 4 is 35.3 Å². The molecule has 1 aliphatic heterocycles. The molecule has 0 aliphatic carbocycles. The lowest BCUT2D eigenvalue weighted by Crippen LogP contribution is -2.42. The van der Waals surface area contributed by atoms with Crippen LogP contribution in [0.1, 0.15) is 11.3 Å². The molecule has 1 aromatic carbocycles. The summed E-state index contributed by atoms with van der Waals surface area (Å²) < 4.78 is 6.93. The highest BCUT2D eigenvalue weighted by atomic mass is 16.6. The molecule has 0 radical (unpaired) electrons. The molecule has 3 rings (SSSR count). The van der Waals surface area contributed by atoms with E-state index in [9.17, 15) is 34.4 Å². The zero-order valence-corrected chi connectivity index (χ0v) is 17.9. The molecular formula is C20H20N6O8. The van der Waals surface area contributed by atoms with Gasteiger partial charge in [-0.25, -0.2) is 4.57 Å². The van der Waals surface area contributed by atoms with E-state index >= 15 is 0 Å². The maximum atomic E-state index is 12.3. The van der Waals surface area contributed by atoms with Crippen LogP contribution in [0.15, 0.2) is 36.5 Å². The maximum Gasteiger partial charge on any atom is 0.434 e. The van der Waals surface area contributed by atoms with Gasteiger partial charge in [-0.2, -0.15) is 0 Å². The van der Waals surface area contributed by atoms with Crippen LogP contribution in [0.25, 0.3) is 0 Å². The second-order valence-corrected chi connectivity index (χ2v) is 7.06. The number of hydrogen-bond donors (Lipinski definition) is 3. The second kappa shape index (κ2) is 10.4. The first-order valence-corrected chi connectivity index (χ1v) is 9.81. The number of carbonyl (C=O) groups excluding carboxylic acids is 4. The molecule has 0 unspecified atom stereocenters. The third-order valence-electron chi connectivity index (χ3n) is 4.75. The van der Waals surface area contributed by atoms with Crippen molar-refractivity contribution in [2.24, 2.45) is 7.05 Å². The molecule has 1 aliphatic rings. The van der Waals surface area contributed by atoms with Gasteiger partial charge in [-0.3, -0.25) is 24.1 Å². The van der Waals surface area contributed by atoms with E-state index in [1.165, 1.54) is 29.9 Å². The molecule has 0 spiro atoms. The normalized spacial score (nSPS) is 12.7. The Balaban J connectivity index is 1.61. The van der Waals surface area contributed by atoms with Crippen LogP contribution in [-0.2, 0) is 39.4 Å². The van der Waals surface area contributed by atoms with E-state index in [4.69, 9.17) is 4.74 Å². The number of nitrogens with zero attached hydrogens (tertiary/aromatic N) is 4. The maximum absolute atomic E-state index is 12.3. The minimum Gasteiger partial charge on any atom is -0.484 e. The average Bonchev–Trinajstić information content (AvgIpc) is 3.33. The Morgan fingerprint density at radius 3 is 2.53 bits per heavy atom. The van der Waals surface area contributed by atoms with E-state index in [1.807, 2.05) is 0 Å². The number of benzene rings is 1. The largest absolute Gasteiger partial charge is 0.484 e. The smallest absolute Gasteiger partial charge is 0.434 e. The van der Waals surface area contributed by atoms with Crippen LogP contribution in [0.5, 0.6) is 5.75 Å². The van der Waals surface area contributed by atoms with Crippen molar-refractivity contribution in [1.29, 1.82) is 0 Å². The predicted octanol–water partition coefficient (Wildman–Crippen LogP) is -0.621. The lowest BCUT2D eigenvalue weighted by Gasteiger charge is -2.15. The summed E-state index contributed by atoms with van der Waals surface area (Å²) in [5.41, 5.74) is 1.07. The zero-order chi connectivity index (χ0) is 24.8. The van der Waals surface area contributed by atoms with E-state index < -0.39 is 41.6 Å². The molecule has 2 heterocycles. The summed E-state index contributed by atoms with van der Waals surface area (Å²) in [6.45, 7) is -1.39. The van der Waals surface area contributed by atoms with Crippen molar-refractivity contribution in [3.63, 3.8) is 0 Å². The van der Waals surface area contributed by atoms with Gasteiger partial charge in [0.1, 0.15) is 25.1 Å². The minimum absolute atomic E-state index is 0.0959. The first-order chi connectivity index (χ1) is 16.2. The number of amides is 4.